The van der Waals surface area contributed by atoms with Crippen LogP contribution in [-0.2, 0) is 13.0 Å². The van der Waals surface area contributed by atoms with Crippen LogP contribution in [0, 0.1) is 5.82 Å². The third-order valence-corrected chi connectivity index (χ3v) is 3.77. The maximum Gasteiger partial charge on any atom is 0.146 e. The minimum absolute atomic E-state index is 0.207. The van der Waals surface area contributed by atoms with Crippen LogP contribution >= 0.6 is 0 Å². The fourth-order valence-corrected chi connectivity index (χ4v) is 2.74. The number of benzene rings is 2. The van der Waals surface area contributed by atoms with E-state index in [0.717, 1.165) is 18.5 Å². The van der Waals surface area contributed by atoms with Gasteiger partial charge in [-0.3, -0.25) is 0 Å². The van der Waals surface area contributed by atoms with Crippen molar-refractivity contribution in [3.8, 4) is 0 Å². The van der Waals surface area contributed by atoms with E-state index in [1.54, 1.807) is 6.07 Å². The SMILES string of the molecule is CC1Cc2ccccc2N1Cc1ccc(N)c(F)c1. The zero-order valence-corrected chi connectivity index (χ0v) is 10.9. The lowest BCUT2D eigenvalue weighted by atomic mass is 10.1. The molecule has 0 bridgehead atoms. The van der Waals surface area contributed by atoms with Crippen molar-refractivity contribution in [3.63, 3.8) is 0 Å². The summed E-state index contributed by atoms with van der Waals surface area (Å²) in [4.78, 5) is 2.32. The molecule has 0 radical (unpaired) electrons. The average Bonchev–Trinajstić information content (AvgIpc) is 2.71. The maximum absolute atomic E-state index is 13.5. The second-order valence-electron chi connectivity index (χ2n) is 5.17. The fourth-order valence-electron chi connectivity index (χ4n) is 2.74. The van der Waals surface area contributed by atoms with Gasteiger partial charge in [0, 0.05) is 18.3 Å². The van der Waals surface area contributed by atoms with Gasteiger partial charge in [0.05, 0.1) is 5.69 Å². The molecule has 2 aromatic rings. The molecule has 1 heterocycles. The number of fused-ring (bicyclic) bond motifs is 1. The summed E-state index contributed by atoms with van der Waals surface area (Å²) in [6.45, 7) is 2.92. The minimum Gasteiger partial charge on any atom is -0.396 e. The highest BCUT2D eigenvalue weighted by molar-refractivity contribution is 5.59. The molecule has 98 valence electrons. The Labute approximate surface area is 112 Å². The summed E-state index contributed by atoms with van der Waals surface area (Å²) in [7, 11) is 0. The summed E-state index contributed by atoms with van der Waals surface area (Å²) in [5.74, 6) is -0.336. The molecule has 19 heavy (non-hydrogen) atoms. The van der Waals surface area contributed by atoms with E-state index in [1.807, 2.05) is 12.1 Å². The van der Waals surface area contributed by atoms with Crippen molar-refractivity contribution in [2.45, 2.75) is 25.9 Å². The topological polar surface area (TPSA) is 29.3 Å². The van der Waals surface area contributed by atoms with E-state index in [1.165, 1.54) is 17.3 Å². The van der Waals surface area contributed by atoms with Gasteiger partial charge in [-0.2, -0.15) is 0 Å². The van der Waals surface area contributed by atoms with Crippen molar-refractivity contribution in [2.24, 2.45) is 0 Å². The van der Waals surface area contributed by atoms with Gasteiger partial charge in [-0.1, -0.05) is 24.3 Å². The number of nitrogens with two attached hydrogens (primary N) is 1. The quantitative estimate of drug-likeness (QED) is 0.835. The third kappa shape index (κ3) is 2.16. The zero-order chi connectivity index (χ0) is 13.4. The first-order valence-electron chi connectivity index (χ1n) is 6.53. The van der Waals surface area contributed by atoms with Gasteiger partial charge in [-0.25, -0.2) is 4.39 Å². The molecule has 1 aliphatic rings. The van der Waals surface area contributed by atoms with Crippen molar-refractivity contribution in [3.05, 3.63) is 59.4 Å². The first-order chi connectivity index (χ1) is 9.15. The Bertz CT molecular complexity index is 609. The Morgan fingerprint density at radius 1 is 1.26 bits per heavy atom. The molecular formula is C16H17FN2. The maximum atomic E-state index is 13.5. The van der Waals surface area contributed by atoms with Crippen LogP contribution in [0.4, 0.5) is 15.8 Å². The molecule has 2 aromatic carbocycles. The highest BCUT2D eigenvalue weighted by Gasteiger charge is 2.25. The van der Waals surface area contributed by atoms with E-state index in [4.69, 9.17) is 5.73 Å². The van der Waals surface area contributed by atoms with Crippen molar-refractivity contribution in [2.75, 3.05) is 10.6 Å². The lowest BCUT2D eigenvalue weighted by molar-refractivity contribution is 0.625. The molecule has 1 unspecified atom stereocenters. The second-order valence-corrected chi connectivity index (χ2v) is 5.17. The molecule has 1 aliphatic heterocycles. The van der Waals surface area contributed by atoms with Crippen LogP contribution < -0.4 is 10.6 Å². The van der Waals surface area contributed by atoms with Gasteiger partial charge >= 0.3 is 0 Å². The van der Waals surface area contributed by atoms with Gasteiger partial charge in [-0.15, -0.1) is 0 Å². The lowest BCUT2D eigenvalue weighted by Crippen LogP contribution is -2.28. The highest BCUT2D eigenvalue weighted by atomic mass is 19.1. The molecule has 0 saturated heterocycles. The summed E-state index contributed by atoms with van der Waals surface area (Å²) in [5.41, 5.74) is 9.30. The largest absolute Gasteiger partial charge is 0.396 e. The number of halogens is 1. The van der Waals surface area contributed by atoms with Crippen molar-refractivity contribution in [1.29, 1.82) is 0 Å². The molecule has 0 saturated carbocycles. The average molecular weight is 256 g/mol. The molecule has 0 fully saturated rings. The third-order valence-electron chi connectivity index (χ3n) is 3.77. The van der Waals surface area contributed by atoms with Crippen LogP contribution in [0.5, 0.6) is 0 Å². The van der Waals surface area contributed by atoms with Crippen LogP contribution in [0.1, 0.15) is 18.1 Å². The molecule has 2 N–H and O–H groups in total. The standard InChI is InChI=1S/C16H17FN2/c1-11-8-13-4-2-3-5-16(13)19(11)10-12-6-7-15(18)14(17)9-12/h2-7,9,11H,8,10,18H2,1H3. The Morgan fingerprint density at radius 3 is 2.84 bits per heavy atom. The Morgan fingerprint density at radius 2 is 2.05 bits per heavy atom. The number of hydrogen-bond acceptors (Lipinski definition) is 2. The molecule has 1 atom stereocenters. The molecular weight excluding hydrogens is 239 g/mol. The number of anilines is 2. The van der Waals surface area contributed by atoms with Gasteiger partial charge in [0.1, 0.15) is 5.82 Å². The summed E-state index contributed by atoms with van der Waals surface area (Å²) >= 11 is 0. The summed E-state index contributed by atoms with van der Waals surface area (Å²) < 4.78 is 13.5. The normalized spacial score (nSPS) is 17.6. The van der Waals surface area contributed by atoms with Crippen molar-refractivity contribution in [1.82, 2.24) is 0 Å². The van der Waals surface area contributed by atoms with E-state index in [9.17, 15) is 4.39 Å². The van der Waals surface area contributed by atoms with Crippen LogP contribution in [0.3, 0.4) is 0 Å². The van der Waals surface area contributed by atoms with Crippen LogP contribution in [0.15, 0.2) is 42.5 Å². The predicted molar refractivity (Wildman–Crippen MR) is 76.6 cm³/mol. The Kier molecular flexibility index (Phi) is 2.90. The molecule has 3 heteroatoms. The zero-order valence-electron chi connectivity index (χ0n) is 10.9. The van der Waals surface area contributed by atoms with Gasteiger partial charge in [0.25, 0.3) is 0 Å². The van der Waals surface area contributed by atoms with E-state index in [-0.39, 0.29) is 11.5 Å². The number of para-hydroxylation sites is 1. The first kappa shape index (κ1) is 12.0. The van der Waals surface area contributed by atoms with Gasteiger partial charge in [-0.05, 0) is 42.7 Å². The number of nitrogen functional groups attached to an aromatic ring is 1. The summed E-state index contributed by atoms with van der Waals surface area (Å²) in [5, 5.41) is 0. The number of nitrogens with zero attached hydrogens (tertiary/aromatic N) is 1. The van der Waals surface area contributed by atoms with Crippen molar-refractivity contribution >= 4 is 11.4 Å². The van der Waals surface area contributed by atoms with Gasteiger partial charge in [0.2, 0.25) is 0 Å². The van der Waals surface area contributed by atoms with E-state index < -0.39 is 0 Å². The second kappa shape index (κ2) is 4.57. The Balaban J connectivity index is 1.89. The molecule has 2 nitrogen and oxygen atoms in total. The van der Waals surface area contributed by atoms with Gasteiger partial charge in [0.15, 0.2) is 0 Å². The molecule has 3 rings (SSSR count). The monoisotopic (exact) mass is 256 g/mol. The molecule has 0 amide bonds. The first-order valence-corrected chi connectivity index (χ1v) is 6.53. The molecule has 0 aliphatic carbocycles. The molecule has 0 aromatic heterocycles. The number of hydrogen-bond donors (Lipinski definition) is 1. The molecule has 0 spiro atoms. The van der Waals surface area contributed by atoms with Crippen LogP contribution in [-0.4, -0.2) is 6.04 Å². The fraction of sp³-hybridized carbons (Fsp3) is 0.250. The summed E-state index contributed by atoms with van der Waals surface area (Å²) in [6.07, 6.45) is 1.05. The smallest absolute Gasteiger partial charge is 0.146 e. The highest BCUT2D eigenvalue weighted by Crippen LogP contribution is 2.33. The summed E-state index contributed by atoms with van der Waals surface area (Å²) in [6, 6.07) is 13.9. The van der Waals surface area contributed by atoms with E-state index >= 15 is 0 Å². The van der Waals surface area contributed by atoms with E-state index in [2.05, 4.69) is 30.0 Å². The lowest BCUT2D eigenvalue weighted by Gasteiger charge is -2.25. The van der Waals surface area contributed by atoms with Crippen LogP contribution in [0.25, 0.3) is 0 Å². The van der Waals surface area contributed by atoms with Crippen LogP contribution in [0.2, 0.25) is 0 Å². The van der Waals surface area contributed by atoms with E-state index in [0.29, 0.717) is 6.04 Å². The number of rotatable bonds is 2. The minimum atomic E-state index is -0.336. The Hall–Kier alpha value is -2.03. The van der Waals surface area contributed by atoms with Crippen molar-refractivity contribution < 1.29 is 4.39 Å². The predicted octanol–water partition coefficient (Wildman–Crippen LogP) is 3.36. The van der Waals surface area contributed by atoms with Gasteiger partial charge < -0.3 is 10.6 Å².